The molecule has 0 radical (unpaired) electrons. The fraction of sp³-hybridized carbons (Fsp3) is 0.368. The zero-order valence-electron chi connectivity index (χ0n) is 12.9. The number of nitrogens with zero attached hydrogens (tertiary/aromatic N) is 1. The SMILES string of the molecule is Fc1c(Cl)cc(OC2CCC2)cc1N1CCc2ccccc2C1. The van der Waals surface area contributed by atoms with Crippen molar-refractivity contribution >= 4 is 17.3 Å². The molecule has 0 spiro atoms. The first-order valence-corrected chi connectivity index (χ1v) is 8.56. The van der Waals surface area contributed by atoms with Gasteiger partial charge in [0.05, 0.1) is 16.8 Å². The summed E-state index contributed by atoms with van der Waals surface area (Å²) in [7, 11) is 0. The summed E-state index contributed by atoms with van der Waals surface area (Å²) >= 11 is 6.10. The maximum absolute atomic E-state index is 14.5. The molecule has 2 aliphatic rings. The molecule has 2 aromatic rings. The number of hydrogen-bond acceptors (Lipinski definition) is 2. The van der Waals surface area contributed by atoms with Crippen LogP contribution < -0.4 is 9.64 Å². The van der Waals surface area contributed by atoms with E-state index in [0.717, 1.165) is 25.8 Å². The summed E-state index contributed by atoms with van der Waals surface area (Å²) in [6.07, 6.45) is 4.52. The molecule has 0 unspecified atom stereocenters. The van der Waals surface area contributed by atoms with Crippen molar-refractivity contribution in [2.24, 2.45) is 0 Å². The number of hydrogen-bond donors (Lipinski definition) is 0. The molecule has 23 heavy (non-hydrogen) atoms. The standard InChI is InChI=1S/C19H19ClFNO/c20-17-10-16(23-15-6-3-7-15)11-18(19(17)21)22-9-8-13-4-1-2-5-14(13)12-22/h1-2,4-5,10-11,15H,3,6-9,12H2. The van der Waals surface area contributed by atoms with Crippen molar-refractivity contribution in [3.05, 3.63) is 58.4 Å². The zero-order valence-corrected chi connectivity index (χ0v) is 13.7. The first-order chi connectivity index (χ1) is 11.2. The van der Waals surface area contributed by atoms with Crippen LogP contribution in [0.3, 0.4) is 0 Å². The number of fused-ring (bicyclic) bond motifs is 1. The molecule has 0 saturated heterocycles. The lowest BCUT2D eigenvalue weighted by Crippen LogP contribution is -2.31. The summed E-state index contributed by atoms with van der Waals surface area (Å²) in [6, 6.07) is 11.7. The summed E-state index contributed by atoms with van der Waals surface area (Å²) in [6.45, 7) is 1.49. The van der Waals surface area contributed by atoms with Gasteiger partial charge in [-0.25, -0.2) is 4.39 Å². The lowest BCUT2D eigenvalue weighted by atomic mass is 9.96. The third-order valence-corrected chi connectivity index (χ3v) is 5.08. The Labute approximate surface area is 140 Å². The van der Waals surface area contributed by atoms with Crippen molar-refractivity contribution in [3.63, 3.8) is 0 Å². The second-order valence-corrected chi connectivity index (χ2v) is 6.76. The van der Waals surface area contributed by atoms with Gasteiger partial charge in [0.2, 0.25) is 0 Å². The second-order valence-electron chi connectivity index (χ2n) is 6.35. The Balaban J connectivity index is 1.62. The number of halogens is 2. The predicted molar refractivity (Wildman–Crippen MR) is 90.9 cm³/mol. The van der Waals surface area contributed by atoms with E-state index in [0.29, 0.717) is 18.0 Å². The van der Waals surface area contributed by atoms with Gasteiger partial charge in [-0.3, -0.25) is 0 Å². The minimum Gasteiger partial charge on any atom is -0.490 e. The Morgan fingerprint density at radius 3 is 2.65 bits per heavy atom. The molecule has 0 aromatic heterocycles. The van der Waals surface area contributed by atoms with Crippen LogP contribution in [0.2, 0.25) is 5.02 Å². The molecule has 1 saturated carbocycles. The smallest absolute Gasteiger partial charge is 0.165 e. The van der Waals surface area contributed by atoms with Gasteiger partial charge >= 0.3 is 0 Å². The van der Waals surface area contributed by atoms with Crippen molar-refractivity contribution in [3.8, 4) is 5.75 Å². The van der Waals surface area contributed by atoms with Crippen LogP contribution in [0.4, 0.5) is 10.1 Å². The normalized spacial score (nSPS) is 17.6. The van der Waals surface area contributed by atoms with Crippen LogP contribution in [-0.2, 0) is 13.0 Å². The maximum atomic E-state index is 14.5. The van der Waals surface area contributed by atoms with E-state index in [1.54, 1.807) is 12.1 Å². The van der Waals surface area contributed by atoms with Gasteiger partial charge in [-0.15, -0.1) is 0 Å². The predicted octanol–water partition coefficient (Wildman–Crippen LogP) is 4.97. The maximum Gasteiger partial charge on any atom is 0.165 e. The molecule has 1 heterocycles. The van der Waals surface area contributed by atoms with Crippen LogP contribution in [0.5, 0.6) is 5.75 Å². The van der Waals surface area contributed by atoms with Gasteiger partial charge in [0.25, 0.3) is 0 Å². The third-order valence-electron chi connectivity index (χ3n) is 4.81. The fourth-order valence-electron chi connectivity index (χ4n) is 3.23. The molecule has 1 aliphatic heterocycles. The van der Waals surface area contributed by atoms with Gasteiger partial charge in [-0.2, -0.15) is 0 Å². The summed E-state index contributed by atoms with van der Waals surface area (Å²) < 4.78 is 20.5. The first kappa shape index (κ1) is 14.8. The van der Waals surface area contributed by atoms with Gasteiger partial charge in [-0.05, 0) is 36.8 Å². The van der Waals surface area contributed by atoms with E-state index in [4.69, 9.17) is 16.3 Å². The van der Waals surface area contributed by atoms with E-state index in [1.165, 1.54) is 17.5 Å². The summed E-state index contributed by atoms with van der Waals surface area (Å²) in [4.78, 5) is 2.05. The number of rotatable bonds is 3. The highest BCUT2D eigenvalue weighted by Crippen LogP contribution is 2.36. The van der Waals surface area contributed by atoms with Crippen molar-refractivity contribution in [1.82, 2.24) is 0 Å². The van der Waals surface area contributed by atoms with E-state index in [2.05, 4.69) is 23.1 Å². The molecule has 0 atom stereocenters. The van der Waals surface area contributed by atoms with Crippen LogP contribution in [0, 0.1) is 5.82 Å². The largest absolute Gasteiger partial charge is 0.490 e. The minimum atomic E-state index is -0.355. The van der Waals surface area contributed by atoms with Gasteiger partial charge in [0, 0.05) is 25.2 Å². The lowest BCUT2D eigenvalue weighted by molar-refractivity contribution is 0.120. The average molecular weight is 332 g/mol. The molecule has 0 N–H and O–H groups in total. The van der Waals surface area contributed by atoms with Gasteiger partial charge in [0.15, 0.2) is 5.82 Å². The third kappa shape index (κ3) is 2.90. The van der Waals surface area contributed by atoms with E-state index in [1.807, 2.05) is 6.07 Å². The Bertz CT molecular complexity index is 729. The summed E-state index contributed by atoms with van der Waals surface area (Å²) in [5, 5.41) is 0.135. The summed E-state index contributed by atoms with van der Waals surface area (Å²) in [5.74, 6) is 0.321. The number of benzene rings is 2. The molecule has 0 amide bonds. The highest BCUT2D eigenvalue weighted by atomic mass is 35.5. The number of ether oxygens (including phenoxy) is 1. The van der Waals surface area contributed by atoms with Crippen LogP contribution in [0.15, 0.2) is 36.4 Å². The average Bonchev–Trinajstić information content (AvgIpc) is 2.53. The van der Waals surface area contributed by atoms with Crippen molar-refractivity contribution in [1.29, 1.82) is 0 Å². The Morgan fingerprint density at radius 1 is 1.13 bits per heavy atom. The van der Waals surface area contributed by atoms with E-state index in [-0.39, 0.29) is 16.9 Å². The van der Waals surface area contributed by atoms with Gasteiger partial charge in [0.1, 0.15) is 5.75 Å². The molecule has 1 aliphatic carbocycles. The topological polar surface area (TPSA) is 12.5 Å². The second kappa shape index (κ2) is 6.04. The minimum absolute atomic E-state index is 0.135. The quantitative estimate of drug-likeness (QED) is 0.787. The van der Waals surface area contributed by atoms with Crippen molar-refractivity contribution in [2.75, 3.05) is 11.4 Å². The van der Waals surface area contributed by atoms with Crippen LogP contribution in [-0.4, -0.2) is 12.6 Å². The van der Waals surface area contributed by atoms with E-state index in [9.17, 15) is 4.39 Å². The fourth-order valence-corrected chi connectivity index (χ4v) is 3.44. The Hall–Kier alpha value is -1.74. The van der Waals surface area contributed by atoms with Crippen LogP contribution in [0.25, 0.3) is 0 Å². The van der Waals surface area contributed by atoms with Crippen LogP contribution in [0.1, 0.15) is 30.4 Å². The Kier molecular flexibility index (Phi) is 3.90. The zero-order chi connectivity index (χ0) is 15.8. The van der Waals surface area contributed by atoms with Crippen LogP contribution >= 0.6 is 11.6 Å². The molecular weight excluding hydrogens is 313 g/mol. The first-order valence-electron chi connectivity index (χ1n) is 8.18. The van der Waals surface area contributed by atoms with E-state index >= 15 is 0 Å². The van der Waals surface area contributed by atoms with Crippen molar-refractivity contribution in [2.45, 2.75) is 38.3 Å². The molecule has 4 rings (SSSR count). The Morgan fingerprint density at radius 2 is 1.91 bits per heavy atom. The molecule has 2 aromatic carbocycles. The molecule has 2 nitrogen and oxygen atoms in total. The van der Waals surface area contributed by atoms with Crippen molar-refractivity contribution < 1.29 is 9.13 Å². The number of anilines is 1. The molecule has 1 fully saturated rings. The highest BCUT2D eigenvalue weighted by Gasteiger charge is 2.23. The van der Waals surface area contributed by atoms with Gasteiger partial charge in [-0.1, -0.05) is 35.9 Å². The van der Waals surface area contributed by atoms with E-state index < -0.39 is 0 Å². The molecule has 4 heteroatoms. The molecule has 0 bridgehead atoms. The summed E-state index contributed by atoms with van der Waals surface area (Å²) in [5.41, 5.74) is 3.14. The van der Waals surface area contributed by atoms with Gasteiger partial charge < -0.3 is 9.64 Å². The molecule has 120 valence electrons. The monoisotopic (exact) mass is 331 g/mol. The lowest BCUT2D eigenvalue weighted by Gasteiger charge is -2.32. The molecular formula is C19H19ClFNO. The highest BCUT2D eigenvalue weighted by molar-refractivity contribution is 6.31.